The Hall–Kier alpha value is -2.63. The molecule has 0 atom stereocenters. The van der Waals surface area contributed by atoms with Crippen LogP contribution in [0.25, 0.3) is 0 Å². The zero-order chi connectivity index (χ0) is 17.1. The zero-order valence-corrected chi connectivity index (χ0v) is 13.9. The van der Waals surface area contributed by atoms with Gasteiger partial charge in [-0.15, -0.1) is 0 Å². The molecule has 2 rings (SSSR count). The van der Waals surface area contributed by atoms with Gasteiger partial charge >= 0.3 is 0 Å². The van der Waals surface area contributed by atoms with Gasteiger partial charge < -0.3 is 11.1 Å². The van der Waals surface area contributed by atoms with Crippen molar-refractivity contribution in [2.45, 2.75) is 40.2 Å². The van der Waals surface area contributed by atoms with E-state index in [1.54, 1.807) is 28.9 Å². The van der Waals surface area contributed by atoms with E-state index in [2.05, 4.69) is 10.4 Å². The van der Waals surface area contributed by atoms with Crippen LogP contribution in [0.15, 0.2) is 24.3 Å². The number of aromatic nitrogens is 2. The second-order valence-corrected chi connectivity index (χ2v) is 5.83. The van der Waals surface area contributed by atoms with Crippen LogP contribution in [-0.4, -0.2) is 21.6 Å². The number of primary amides is 1. The molecule has 2 amide bonds. The first-order chi connectivity index (χ1) is 10.8. The number of hydrogen-bond donors (Lipinski definition) is 2. The first-order valence-corrected chi connectivity index (χ1v) is 7.62. The Kier molecular flexibility index (Phi) is 4.83. The summed E-state index contributed by atoms with van der Waals surface area (Å²) in [6.07, 6.45) is 0. The number of nitrogens with one attached hydrogen (secondary N) is 1. The fourth-order valence-electron chi connectivity index (χ4n) is 2.34. The number of carbonyl (C=O) groups is 2. The average molecular weight is 314 g/mol. The number of nitrogens with two attached hydrogens (primary N) is 1. The minimum absolute atomic E-state index is 0.245. The van der Waals surface area contributed by atoms with Crippen molar-refractivity contribution in [1.29, 1.82) is 0 Å². The summed E-state index contributed by atoms with van der Waals surface area (Å²) in [6.45, 7) is 8.45. The first kappa shape index (κ1) is 16.7. The van der Waals surface area contributed by atoms with Gasteiger partial charge in [0, 0.05) is 17.8 Å². The van der Waals surface area contributed by atoms with Gasteiger partial charge in [0.25, 0.3) is 5.91 Å². The van der Waals surface area contributed by atoms with Crippen LogP contribution in [0.1, 0.15) is 58.8 Å². The standard InChI is InChI=1S/C17H22N4O2/c1-5-21-15(9-14(20-21)10(2)3)17(23)19-13-7-11(4)6-12(8-13)16(18)22/h6-10H,5H2,1-4H3,(H2,18,22)(H,19,23). The molecule has 2 aromatic rings. The minimum Gasteiger partial charge on any atom is -0.366 e. The van der Waals surface area contributed by atoms with Crippen molar-refractivity contribution in [3.05, 3.63) is 46.8 Å². The topological polar surface area (TPSA) is 90.0 Å². The van der Waals surface area contributed by atoms with E-state index in [0.29, 0.717) is 23.5 Å². The number of nitrogens with zero attached hydrogens (tertiary/aromatic N) is 2. The van der Waals surface area contributed by atoms with Gasteiger partial charge in [0.1, 0.15) is 5.69 Å². The fraction of sp³-hybridized carbons (Fsp3) is 0.353. The molecule has 0 unspecified atom stereocenters. The molecule has 0 saturated heterocycles. The maximum absolute atomic E-state index is 12.5. The van der Waals surface area contributed by atoms with Crippen molar-refractivity contribution in [2.75, 3.05) is 5.32 Å². The van der Waals surface area contributed by atoms with E-state index in [9.17, 15) is 9.59 Å². The summed E-state index contributed by atoms with van der Waals surface area (Å²) in [7, 11) is 0. The third-order valence-electron chi connectivity index (χ3n) is 3.54. The summed E-state index contributed by atoms with van der Waals surface area (Å²) >= 11 is 0. The normalized spacial score (nSPS) is 10.8. The Morgan fingerprint density at radius 3 is 2.52 bits per heavy atom. The molecular weight excluding hydrogens is 292 g/mol. The molecule has 0 radical (unpaired) electrons. The SMILES string of the molecule is CCn1nc(C(C)C)cc1C(=O)Nc1cc(C)cc(C(N)=O)c1. The number of hydrogen-bond acceptors (Lipinski definition) is 3. The monoisotopic (exact) mass is 314 g/mol. The third kappa shape index (κ3) is 3.77. The average Bonchev–Trinajstić information content (AvgIpc) is 2.91. The Morgan fingerprint density at radius 2 is 1.96 bits per heavy atom. The molecule has 1 aromatic carbocycles. The van der Waals surface area contributed by atoms with Gasteiger partial charge in [0.2, 0.25) is 5.91 Å². The van der Waals surface area contributed by atoms with Gasteiger partial charge in [-0.25, -0.2) is 0 Å². The van der Waals surface area contributed by atoms with Crippen LogP contribution in [0.5, 0.6) is 0 Å². The van der Waals surface area contributed by atoms with Crippen molar-refractivity contribution in [1.82, 2.24) is 9.78 Å². The second kappa shape index (κ2) is 6.64. The van der Waals surface area contributed by atoms with E-state index in [1.807, 2.05) is 27.7 Å². The quantitative estimate of drug-likeness (QED) is 0.889. The molecule has 0 spiro atoms. The highest BCUT2D eigenvalue weighted by Crippen LogP contribution is 2.18. The molecule has 0 saturated carbocycles. The van der Waals surface area contributed by atoms with Gasteiger partial charge in [-0.2, -0.15) is 5.10 Å². The predicted molar refractivity (Wildman–Crippen MR) is 89.6 cm³/mol. The lowest BCUT2D eigenvalue weighted by Crippen LogP contribution is -2.18. The van der Waals surface area contributed by atoms with Crippen LogP contribution in [0.4, 0.5) is 5.69 Å². The number of amides is 2. The molecule has 0 fully saturated rings. The molecule has 0 aliphatic carbocycles. The maximum atomic E-state index is 12.5. The summed E-state index contributed by atoms with van der Waals surface area (Å²) in [6, 6.07) is 6.85. The molecule has 0 bridgehead atoms. The predicted octanol–water partition coefficient (Wildman–Crippen LogP) is 2.69. The lowest BCUT2D eigenvalue weighted by Gasteiger charge is -2.09. The van der Waals surface area contributed by atoms with Crippen LogP contribution < -0.4 is 11.1 Å². The van der Waals surface area contributed by atoms with E-state index >= 15 is 0 Å². The van der Waals surface area contributed by atoms with Crippen molar-refractivity contribution in [2.24, 2.45) is 5.73 Å². The van der Waals surface area contributed by atoms with E-state index in [4.69, 9.17) is 5.73 Å². The molecule has 6 nitrogen and oxygen atoms in total. The highest BCUT2D eigenvalue weighted by Gasteiger charge is 2.17. The molecule has 1 aromatic heterocycles. The van der Waals surface area contributed by atoms with Crippen LogP contribution in [0.2, 0.25) is 0 Å². The molecule has 122 valence electrons. The lowest BCUT2D eigenvalue weighted by molar-refractivity contribution is 0.0994. The van der Waals surface area contributed by atoms with E-state index in [0.717, 1.165) is 11.3 Å². The molecule has 6 heteroatoms. The first-order valence-electron chi connectivity index (χ1n) is 7.62. The highest BCUT2D eigenvalue weighted by atomic mass is 16.2. The largest absolute Gasteiger partial charge is 0.366 e. The van der Waals surface area contributed by atoms with Gasteiger partial charge in [0.05, 0.1) is 5.69 Å². The van der Waals surface area contributed by atoms with Crippen LogP contribution in [0, 0.1) is 6.92 Å². The Labute approximate surface area is 135 Å². The molecule has 0 aliphatic rings. The van der Waals surface area contributed by atoms with Gasteiger partial charge in [-0.05, 0) is 49.6 Å². The van der Waals surface area contributed by atoms with E-state index < -0.39 is 5.91 Å². The van der Waals surface area contributed by atoms with Crippen LogP contribution in [0.3, 0.4) is 0 Å². The van der Waals surface area contributed by atoms with Crippen LogP contribution >= 0.6 is 0 Å². The minimum atomic E-state index is -0.523. The van der Waals surface area contributed by atoms with E-state index in [-0.39, 0.29) is 11.8 Å². The summed E-state index contributed by atoms with van der Waals surface area (Å²) in [4.78, 5) is 23.9. The number of rotatable bonds is 5. The molecule has 1 heterocycles. The number of anilines is 1. The molecule has 0 aliphatic heterocycles. The van der Waals surface area contributed by atoms with Crippen molar-refractivity contribution in [3.8, 4) is 0 Å². The van der Waals surface area contributed by atoms with Gasteiger partial charge in [-0.1, -0.05) is 13.8 Å². The summed E-state index contributed by atoms with van der Waals surface area (Å²) in [5.74, 6) is -0.535. The number of aryl methyl sites for hydroxylation is 2. The molecule has 3 N–H and O–H groups in total. The van der Waals surface area contributed by atoms with Crippen molar-refractivity contribution >= 4 is 17.5 Å². The van der Waals surface area contributed by atoms with Gasteiger partial charge in [-0.3, -0.25) is 14.3 Å². The third-order valence-corrected chi connectivity index (χ3v) is 3.54. The summed E-state index contributed by atoms with van der Waals surface area (Å²) in [5.41, 5.74) is 8.44. The Morgan fingerprint density at radius 1 is 1.26 bits per heavy atom. The van der Waals surface area contributed by atoms with E-state index in [1.165, 1.54) is 0 Å². The molecular formula is C17H22N4O2. The highest BCUT2D eigenvalue weighted by molar-refractivity contribution is 6.04. The number of benzene rings is 1. The fourth-order valence-corrected chi connectivity index (χ4v) is 2.34. The summed E-state index contributed by atoms with van der Waals surface area (Å²) in [5, 5.41) is 7.25. The number of carbonyl (C=O) groups excluding carboxylic acids is 2. The maximum Gasteiger partial charge on any atom is 0.273 e. The van der Waals surface area contributed by atoms with Gasteiger partial charge in [0.15, 0.2) is 0 Å². The zero-order valence-electron chi connectivity index (χ0n) is 13.9. The lowest BCUT2D eigenvalue weighted by atomic mass is 10.1. The smallest absolute Gasteiger partial charge is 0.273 e. The van der Waals surface area contributed by atoms with Crippen molar-refractivity contribution < 1.29 is 9.59 Å². The summed E-state index contributed by atoms with van der Waals surface area (Å²) < 4.78 is 1.68. The van der Waals surface area contributed by atoms with Crippen molar-refractivity contribution in [3.63, 3.8) is 0 Å². The Balaban J connectivity index is 2.30. The second-order valence-electron chi connectivity index (χ2n) is 5.83. The molecule has 23 heavy (non-hydrogen) atoms. The Bertz CT molecular complexity index is 747. The van der Waals surface area contributed by atoms with Crippen LogP contribution in [-0.2, 0) is 6.54 Å².